The lowest BCUT2D eigenvalue weighted by Crippen LogP contribution is -1.68. The highest BCUT2D eigenvalue weighted by Gasteiger charge is 1.58. The third-order valence-corrected chi connectivity index (χ3v) is 0.0962. The Kier molecular flexibility index (Phi) is 12.1. The van der Waals surface area contributed by atoms with Gasteiger partial charge < -0.3 is 4.74 Å². The Morgan fingerprint density at radius 1 is 1.88 bits per heavy atom. The van der Waals surface area contributed by atoms with Crippen molar-refractivity contribution in [2.24, 2.45) is 0 Å². The Labute approximate surface area is 48.0 Å². The molecule has 0 atom stereocenters. The molecule has 0 radical (unpaired) electrons. The van der Waals surface area contributed by atoms with Crippen LogP contribution in [-0.2, 0) is 9.53 Å². The summed E-state index contributed by atoms with van der Waals surface area (Å²) in [6.07, 6.45) is 0. The van der Waals surface area contributed by atoms with Gasteiger partial charge in [0.05, 0.1) is 12.9 Å². The van der Waals surface area contributed by atoms with Crippen molar-refractivity contribution in [1.82, 2.24) is 0 Å². The van der Waals surface area contributed by atoms with Crippen LogP contribution in [0.4, 0.5) is 4.39 Å². The fraction of sp³-hybridized carbons (Fsp3) is 0.400. The molecule has 0 saturated carbocycles. The van der Waals surface area contributed by atoms with E-state index in [2.05, 4.69) is 11.3 Å². The highest BCUT2D eigenvalue weighted by atomic mass is 19.1. The Bertz CT molecular complexity index is 66.8. The van der Waals surface area contributed by atoms with Gasteiger partial charge in [-0.2, -0.15) is 0 Å². The number of allylic oxidation sites excluding steroid dienone is 1. The van der Waals surface area contributed by atoms with Gasteiger partial charge in [0.1, 0.15) is 0 Å². The van der Waals surface area contributed by atoms with Crippen LogP contribution < -0.4 is 0 Å². The maximum atomic E-state index is 10.8. The van der Waals surface area contributed by atoms with Crippen molar-refractivity contribution >= 4 is 6.47 Å². The summed E-state index contributed by atoms with van der Waals surface area (Å²) in [5.41, 5.74) is 0. The Morgan fingerprint density at radius 3 is 2.00 bits per heavy atom. The van der Waals surface area contributed by atoms with Crippen LogP contribution in [0.1, 0.15) is 6.92 Å². The number of rotatable bonds is 1. The van der Waals surface area contributed by atoms with Gasteiger partial charge >= 0.3 is 0 Å². The minimum Gasteiger partial charge on any atom is -0.471 e. The lowest BCUT2D eigenvalue weighted by molar-refractivity contribution is -0.126. The fourth-order valence-corrected chi connectivity index (χ4v) is 0. The zero-order valence-corrected chi connectivity index (χ0v) is 4.98. The van der Waals surface area contributed by atoms with Crippen molar-refractivity contribution in [3.8, 4) is 0 Å². The molecule has 0 unspecified atom stereocenters. The molecule has 2 nitrogen and oxygen atoms in total. The number of halogens is 1. The van der Waals surface area contributed by atoms with Crippen LogP contribution in [-0.4, -0.2) is 13.6 Å². The molecule has 0 aromatic carbocycles. The molecular formula is C5H9FO2. The third kappa shape index (κ3) is 4490. The number of ether oxygens (including phenoxy) is 1. The summed E-state index contributed by atoms with van der Waals surface area (Å²) in [5.74, 6) is -0.333. The molecule has 0 bridgehead atoms. The predicted molar refractivity (Wildman–Crippen MR) is 29.0 cm³/mol. The van der Waals surface area contributed by atoms with Crippen LogP contribution in [0.15, 0.2) is 12.4 Å². The molecule has 8 heavy (non-hydrogen) atoms. The normalized spacial score (nSPS) is 5.88. The third-order valence-electron chi connectivity index (χ3n) is 0.0962. The zero-order valence-electron chi connectivity index (χ0n) is 4.98. The van der Waals surface area contributed by atoms with Crippen molar-refractivity contribution in [2.75, 3.05) is 7.11 Å². The van der Waals surface area contributed by atoms with Gasteiger partial charge in [0, 0.05) is 0 Å². The Morgan fingerprint density at radius 2 is 2.00 bits per heavy atom. The maximum absolute atomic E-state index is 10.8. The molecule has 0 amide bonds. The van der Waals surface area contributed by atoms with Crippen LogP contribution in [0.25, 0.3) is 0 Å². The highest BCUT2D eigenvalue weighted by Crippen LogP contribution is 1.80. The van der Waals surface area contributed by atoms with E-state index < -0.39 is 0 Å². The smallest absolute Gasteiger partial charge is 0.292 e. The van der Waals surface area contributed by atoms with Crippen molar-refractivity contribution in [2.45, 2.75) is 6.92 Å². The second-order valence-corrected chi connectivity index (χ2v) is 1.01. The van der Waals surface area contributed by atoms with Crippen LogP contribution in [0.3, 0.4) is 0 Å². The first-order valence-corrected chi connectivity index (χ1v) is 1.92. The van der Waals surface area contributed by atoms with Gasteiger partial charge in [0.2, 0.25) is 0 Å². The SMILES string of the molecule is C=C(C)F.COC=O. The lowest BCUT2D eigenvalue weighted by atomic mass is 10.7. The van der Waals surface area contributed by atoms with Crippen molar-refractivity contribution in [3.63, 3.8) is 0 Å². The van der Waals surface area contributed by atoms with Crippen LogP contribution in [0.5, 0.6) is 0 Å². The van der Waals surface area contributed by atoms with Gasteiger partial charge in [-0.05, 0) is 6.92 Å². The first-order valence-electron chi connectivity index (χ1n) is 1.92. The topological polar surface area (TPSA) is 26.3 Å². The van der Waals surface area contributed by atoms with Gasteiger partial charge in [-0.25, -0.2) is 4.39 Å². The van der Waals surface area contributed by atoms with Crippen LogP contribution in [0, 0.1) is 0 Å². The van der Waals surface area contributed by atoms with Crippen LogP contribution in [0.2, 0.25) is 0 Å². The number of carbonyl (C=O) groups excluding carboxylic acids is 1. The summed E-state index contributed by atoms with van der Waals surface area (Å²) >= 11 is 0. The molecule has 0 aliphatic carbocycles. The molecule has 0 fully saturated rings. The standard InChI is InChI=1S/C3H5F.C2H4O2/c1-3(2)4;1-4-2-3/h1H2,2H3;2H,1H3. The monoisotopic (exact) mass is 120 g/mol. The van der Waals surface area contributed by atoms with Gasteiger partial charge in [0.25, 0.3) is 6.47 Å². The van der Waals surface area contributed by atoms with E-state index in [4.69, 9.17) is 4.79 Å². The van der Waals surface area contributed by atoms with E-state index >= 15 is 0 Å². The molecule has 0 aromatic heterocycles. The molecule has 0 heterocycles. The van der Waals surface area contributed by atoms with E-state index in [1.165, 1.54) is 14.0 Å². The van der Waals surface area contributed by atoms with Gasteiger partial charge in [-0.15, -0.1) is 0 Å². The van der Waals surface area contributed by atoms with Crippen molar-refractivity contribution in [3.05, 3.63) is 12.4 Å². The van der Waals surface area contributed by atoms with E-state index in [0.29, 0.717) is 6.47 Å². The van der Waals surface area contributed by atoms with Crippen molar-refractivity contribution in [1.29, 1.82) is 0 Å². The predicted octanol–water partition coefficient (Wildman–Crippen LogP) is 1.28. The minimum atomic E-state index is -0.333. The average Bonchev–Trinajstić information content (AvgIpc) is 1.65. The molecule has 48 valence electrons. The first-order chi connectivity index (χ1) is 3.65. The molecule has 0 rings (SSSR count). The van der Waals surface area contributed by atoms with E-state index in [-0.39, 0.29) is 5.83 Å². The minimum absolute atomic E-state index is 0.333. The van der Waals surface area contributed by atoms with Gasteiger partial charge in [0.15, 0.2) is 0 Å². The summed E-state index contributed by atoms with van der Waals surface area (Å²) < 4.78 is 14.7. The second kappa shape index (κ2) is 9.46. The lowest BCUT2D eigenvalue weighted by Gasteiger charge is -1.67. The molecule has 0 aromatic rings. The molecular weight excluding hydrogens is 111 g/mol. The Hall–Kier alpha value is -0.860. The van der Waals surface area contributed by atoms with Gasteiger partial charge in [-0.1, -0.05) is 6.58 Å². The van der Waals surface area contributed by atoms with E-state index in [1.54, 1.807) is 0 Å². The quantitative estimate of drug-likeness (QED) is 0.487. The fourth-order valence-electron chi connectivity index (χ4n) is 0. The molecule has 0 aliphatic rings. The number of methoxy groups -OCH3 is 1. The number of hydrogen-bond acceptors (Lipinski definition) is 2. The molecule has 0 saturated heterocycles. The second-order valence-electron chi connectivity index (χ2n) is 1.01. The maximum Gasteiger partial charge on any atom is 0.292 e. The van der Waals surface area contributed by atoms with E-state index in [1.807, 2.05) is 0 Å². The molecule has 0 N–H and O–H groups in total. The molecule has 3 heteroatoms. The molecule has 0 aliphatic heterocycles. The average molecular weight is 120 g/mol. The summed E-state index contributed by atoms with van der Waals surface area (Å²) in [7, 11) is 1.31. The first kappa shape index (κ1) is 10.2. The van der Waals surface area contributed by atoms with Gasteiger partial charge in [-0.3, -0.25) is 4.79 Å². The van der Waals surface area contributed by atoms with E-state index in [0.717, 1.165) is 0 Å². The molecule has 0 spiro atoms. The largest absolute Gasteiger partial charge is 0.471 e. The summed E-state index contributed by atoms with van der Waals surface area (Å²) in [6, 6.07) is 0. The van der Waals surface area contributed by atoms with Crippen molar-refractivity contribution < 1.29 is 13.9 Å². The van der Waals surface area contributed by atoms with Crippen LogP contribution >= 0.6 is 0 Å². The zero-order chi connectivity index (χ0) is 6.99. The summed E-state index contributed by atoms with van der Waals surface area (Å²) in [5, 5.41) is 0. The number of hydrogen-bond donors (Lipinski definition) is 0. The summed E-state index contributed by atoms with van der Waals surface area (Å²) in [6.45, 7) is 4.57. The summed E-state index contributed by atoms with van der Waals surface area (Å²) in [4.78, 5) is 8.95. The Balaban J connectivity index is 0. The van der Waals surface area contributed by atoms with E-state index in [9.17, 15) is 4.39 Å². The number of carbonyl (C=O) groups is 1. The highest BCUT2D eigenvalue weighted by molar-refractivity contribution is 5.36.